The van der Waals surface area contributed by atoms with Gasteiger partial charge in [-0.2, -0.15) is 0 Å². The van der Waals surface area contributed by atoms with Crippen LogP contribution in [0.5, 0.6) is 0 Å². The Bertz CT molecular complexity index is 1000. The summed E-state index contributed by atoms with van der Waals surface area (Å²) < 4.78 is 1.01. The molecule has 1 fully saturated rings. The lowest BCUT2D eigenvalue weighted by Crippen LogP contribution is -2.45. The zero-order chi connectivity index (χ0) is 17.7. The number of benzene rings is 1. The number of fused-ring (bicyclic) bond motifs is 2. The number of aromatic nitrogens is 2. The van der Waals surface area contributed by atoms with Crippen molar-refractivity contribution in [1.82, 2.24) is 9.97 Å². The number of carbonyl (C=O) groups excluding carboxylic acids is 1. The molecular weight excluding hydrogens is 412 g/mol. The van der Waals surface area contributed by atoms with Crippen molar-refractivity contribution >= 4 is 54.9 Å². The summed E-state index contributed by atoms with van der Waals surface area (Å²) in [5, 5.41) is 3.08. The summed E-state index contributed by atoms with van der Waals surface area (Å²) in [5.41, 5.74) is 2.29. The number of rotatable bonds is 2. The van der Waals surface area contributed by atoms with Gasteiger partial charge in [0, 0.05) is 23.2 Å². The molecule has 0 bridgehead atoms. The molecule has 1 atom stereocenters. The topological polar surface area (TPSA) is 49.3 Å². The van der Waals surface area contributed by atoms with Crippen molar-refractivity contribution in [2.45, 2.75) is 25.3 Å². The molecule has 2 aliphatic rings. The van der Waals surface area contributed by atoms with Gasteiger partial charge in [-0.15, -0.1) is 11.3 Å². The van der Waals surface area contributed by atoms with Gasteiger partial charge < -0.3 is 9.80 Å². The molecule has 0 spiro atoms. The van der Waals surface area contributed by atoms with Crippen molar-refractivity contribution in [3.05, 3.63) is 46.0 Å². The molecule has 3 aromatic rings. The van der Waals surface area contributed by atoms with E-state index in [4.69, 9.17) is 0 Å². The third-order valence-electron chi connectivity index (χ3n) is 5.26. The van der Waals surface area contributed by atoms with Crippen LogP contribution in [0.4, 0.5) is 11.5 Å². The Morgan fingerprint density at radius 1 is 1.23 bits per heavy atom. The number of thiophene rings is 1. The monoisotopic (exact) mass is 428 g/mol. The average molecular weight is 429 g/mol. The van der Waals surface area contributed by atoms with Crippen molar-refractivity contribution in [3.8, 4) is 0 Å². The molecule has 5 nitrogen and oxygen atoms in total. The van der Waals surface area contributed by atoms with Crippen molar-refractivity contribution in [3.63, 3.8) is 0 Å². The van der Waals surface area contributed by atoms with Crippen LogP contribution in [0.25, 0.3) is 10.2 Å². The molecule has 0 N–H and O–H groups in total. The van der Waals surface area contributed by atoms with Gasteiger partial charge in [0.2, 0.25) is 5.91 Å². The Morgan fingerprint density at radius 3 is 3.08 bits per heavy atom. The van der Waals surface area contributed by atoms with E-state index in [-0.39, 0.29) is 11.9 Å². The number of amides is 1. The molecule has 0 saturated carbocycles. The summed E-state index contributed by atoms with van der Waals surface area (Å²) in [4.78, 5) is 27.4. The molecule has 1 saturated heterocycles. The van der Waals surface area contributed by atoms with E-state index >= 15 is 0 Å². The van der Waals surface area contributed by atoms with E-state index in [0.717, 1.165) is 58.5 Å². The molecule has 0 aliphatic carbocycles. The first-order chi connectivity index (χ1) is 12.7. The zero-order valence-electron chi connectivity index (χ0n) is 14.1. The fourth-order valence-corrected chi connectivity index (χ4v) is 5.12. The lowest BCUT2D eigenvalue weighted by atomic mass is 10.1. The van der Waals surface area contributed by atoms with Gasteiger partial charge in [-0.05, 0) is 48.4 Å². The molecular formula is C19H17BrN4OS. The standard InChI is InChI=1S/C19H17BrN4OS/c20-13-4-3-12-5-8-24(16(12)10-13)19(25)15-2-1-7-23(15)17-14-6-9-26-18(14)22-11-21-17/h3-4,6,9-11,15H,1-2,5,7-8H2. The Kier molecular flexibility index (Phi) is 3.94. The summed E-state index contributed by atoms with van der Waals surface area (Å²) in [6, 6.07) is 8.11. The SMILES string of the molecule is O=C(C1CCCN1c1ncnc2sccc12)N1CCc2ccc(Br)cc21. The highest BCUT2D eigenvalue weighted by molar-refractivity contribution is 9.10. The van der Waals surface area contributed by atoms with Gasteiger partial charge in [0.15, 0.2) is 0 Å². The maximum atomic E-state index is 13.4. The molecule has 26 heavy (non-hydrogen) atoms. The van der Waals surface area contributed by atoms with Crippen molar-refractivity contribution < 1.29 is 4.79 Å². The van der Waals surface area contributed by atoms with Crippen LogP contribution in [0, 0.1) is 0 Å². The Balaban J connectivity index is 1.49. The Labute approximate surface area is 163 Å². The summed E-state index contributed by atoms with van der Waals surface area (Å²) in [6.07, 6.45) is 4.40. The highest BCUT2D eigenvalue weighted by atomic mass is 79.9. The van der Waals surface area contributed by atoms with Crippen LogP contribution in [0.3, 0.4) is 0 Å². The van der Waals surface area contributed by atoms with Crippen LogP contribution in [-0.4, -0.2) is 35.0 Å². The van der Waals surface area contributed by atoms with Gasteiger partial charge in [0.25, 0.3) is 0 Å². The average Bonchev–Trinajstić information content (AvgIpc) is 3.38. The number of carbonyl (C=O) groups is 1. The Morgan fingerprint density at radius 2 is 2.15 bits per heavy atom. The van der Waals surface area contributed by atoms with Crippen LogP contribution in [0.1, 0.15) is 18.4 Å². The third kappa shape index (κ3) is 2.53. The number of anilines is 2. The van der Waals surface area contributed by atoms with Crippen LogP contribution < -0.4 is 9.80 Å². The van der Waals surface area contributed by atoms with Crippen molar-refractivity contribution in [2.24, 2.45) is 0 Å². The molecule has 2 aromatic heterocycles. The highest BCUT2D eigenvalue weighted by Crippen LogP contribution is 2.36. The number of halogens is 1. The van der Waals surface area contributed by atoms with Gasteiger partial charge in [0.1, 0.15) is 23.0 Å². The predicted molar refractivity (Wildman–Crippen MR) is 108 cm³/mol. The fourth-order valence-electron chi connectivity index (χ4n) is 4.04. The normalized spacial score (nSPS) is 19.3. The van der Waals surface area contributed by atoms with E-state index in [1.807, 2.05) is 16.3 Å². The second kappa shape index (κ2) is 6.32. The van der Waals surface area contributed by atoms with Crippen LogP contribution in [-0.2, 0) is 11.2 Å². The Hall–Kier alpha value is -1.99. The van der Waals surface area contributed by atoms with Gasteiger partial charge >= 0.3 is 0 Å². The number of hydrogen-bond acceptors (Lipinski definition) is 5. The minimum atomic E-state index is -0.155. The van der Waals surface area contributed by atoms with Gasteiger partial charge in [-0.1, -0.05) is 22.0 Å². The third-order valence-corrected chi connectivity index (χ3v) is 6.57. The molecule has 5 rings (SSSR count). The fraction of sp³-hybridized carbons (Fsp3) is 0.316. The molecule has 1 aromatic carbocycles. The van der Waals surface area contributed by atoms with Crippen molar-refractivity contribution in [1.29, 1.82) is 0 Å². The first-order valence-electron chi connectivity index (χ1n) is 8.77. The lowest BCUT2D eigenvalue weighted by molar-refractivity contribution is -0.119. The summed E-state index contributed by atoms with van der Waals surface area (Å²) in [7, 11) is 0. The maximum Gasteiger partial charge on any atom is 0.249 e. The van der Waals surface area contributed by atoms with Crippen LogP contribution in [0.2, 0.25) is 0 Å². The molecule has 1 amide bonds. The van der Waals surface area contributed by atoms with Gasteiger partial charge in [0.05, 0.1) is 5.39 Å². The first-order valence-corrected chi connectivity index (χ1v) is 10.4. The highest BCUT2D eigenvalue weighted by Gasteiger charge is 2.37. The second-order valence-electron chi connectivity index (χ2n) is 6.70. The van der Waals surface area contributed by atoms with Gasteiger partial charge in [-0.3, -0.25) is 4.79 Å². The zero-order valence-corrected chi connectivity index (χ0v) is 16.5. The molecule has 0 radical (unpaired) electrons. The first kappa shape index (κ1) is 16.2. The predicted octanol–water partition coefficient (Wildman–Crippen LogP) is 4.01. The molecule has 132 valence electrons. The largest absolute Gasteiger partial charge is 0.344 e. The molecule has 2 aliphatic heterocycles. The second-order valence-corrected chi connectivity index (χ2v) is 8.51. The smallest absolute Gasteiger partial charge is 0.249 e. The van der Waals surface area contributed by atoms with E-state index in [1.165, 1.54) is 5.56 Å². The van der Waals surface area contributed by atoms with Crippen LogP contribution in [0.15, 0.2) is 40.4 Å². The summed E-state index contributed by atoms with van der Waals surface area (Å²) in [5.74, 6) is 1.07. The number of nitrogens with zero attached hydrogens (tertiary/aromatic N) is 4. The lowest BCUT2D eigenvalue weighted by Gasteiger charge is -2.29. The minimum absolute atomic E-state index is 0.155. The van der Waals surface area contributed by atoms with E-state index in [1.54, 1.807) is 17.7 Å². The molecule has 7 heteroatoms. The van der Waals surface area contributed by atoms with E-state index in [0.29, 0.717) is 0 Å². The summed E-state index contributed by atoms with van der Waals surface area (Å²) in [6.45, 7) is 1.62. The van der Waals surface area contributed by atoms with E-state index < -0.39 is 0 Å². The maximum absolute atomic E-state index is 13.4. The number of hydrogen-bond donors (Lipinski definition) is 0. The van der Waals surface area contributed by atoms with Crippen LogP contribution >= 0.6 is 27.3 Å². The molecule has 4 heterocycles. The van der Waals surface area contributed by atoms with E-state index in [2.05, 4.69) is 49.0 Å². The quantitative estimate of drug-likeness (QED) is 0.618. The van der Waals surface area contributed by atoms with E-state index in [9.17, 15) is 4.79 Å². The van der Waals surface area contributed by atoms with Gasteiger partial charge in [-0.25, -0.2) is 9.97 Å². The van der Waals surface area contributed by atoms with Crippen molar-refractivity contribution in [2.75, 3.05) is 22.9 Å². The summed E-state index contributed by atoms with van der Waals surface area (Å²) >= 11 is 5.14. The minimum Gasteiger partial charge on any atom is -0.344 e. The molecule has 1 unspecified atom stereocenters.